The molecule has 2 aromatic heterocycles. The van der Waals surface area contributed by atoms with E-state index in [2.05, 4.69) is 25.6 Å². The summed E-state index contributed by atoms with van der Waals surface area (Å²) < 4.78 is 80.0. The maximum atomic E-state index is 13.0. The number of hydrogen-bond donors (Lipinski definition) is 2. The van der Waals surface area contributed by atoms with Crippen LogP contribution in [0.4, 0.5) is 40.7 Å². The molecule has 0 fully saturated rings. The van der Waals surface area contributed by atoms with Crippen molar-refractivity contribution in [3.8, 4) is 5.75 Å². The summed E-state index contributed by atoms with van der Waals surface area (Å²) in [7, 11) is -3.63. The summed E-state index contributed by atoms with van der Waals surface area (Å²) in [6.07, 6.45) is -2.41. The molecule has 3 rings (SSSR count). The average molecular weight is 471 g/mol. The third kappa shape index (κ3) is 6.26. The van der Waals surface area contributed by atoms with Crippen molar-refractivity contribution < 1.29 is 30.7 Å². The second-order valence-electron chi connectivity index (χ2n) is 6.37. The van der Waals surface area contributed by atoms with Gasteiger partial charge in [-0.15, -0.1) is 0 Å². The lowest BCUT2D eigenvalue weighted by atomic mass is 10.3. The Bertz CT molecular complexity index is 1190. The number of anilines is 4. The molecule has 32 heavy (non-hydrogen) atoms. The van der Waals surface area contributed by atoms with Gasteiger partial charge in [-0.2, -0.15) is 13.2 Å². The molecule has 2 heterocycles. The molecule has 0 radical (unpaired) electrons. The fourth-order valence-electron chi connectivity index (χ4n) is 2.47. The average Bonchev–Trinajstić information content (AvgIpc) is 2.74. The first kappa shape index (κ1) is 23.2. The smallest absolute Gasteiger partial charge is 0.422 e. The van der Waals surface area contributed by atoms with E-state index >= 15 is 0 Å². The van der Waals surface area contributed by atoms with Crippen LogP contribution in [0.15, 0.2) is 53.8 Å². The number of hydrogen-bond acceptors (Lipinski definition) is 8. The van der Waals surface area contributed by atoms with Gasteiger partial charge in [0.05, 0.1) is 22.5 Å². The molecular formula is C19H17F4N5O3S. The van der Waals surface area contributed by atoms with Gasteiger partial charge in [0, 0.05) is 6.07 Å². The lowest BCUT2D eigenvalue weighted by molar-refractivity contribution is -0.153. The van der Waals surface area contributed by atoms with Gasteiger partial charge in [-0.3, -0.25) is 0 Å². The van der Waals surface area contributed by atoms with Crippen LogP contribution in [0.5, 0.6) is 5.75 Å². The molecule has 0 aliphatic carbocycles. The Labute approximate surface area is 180 Å². The molecule has 1 aromatic carbocycles. The van der Waals surface area contributed by atoms with Gasteiger partial charge < -0.3 is 15.4 Å². The molecule has 8 nitrogen and oxygen atoms in total. The van der Waals surface area contributed by atoms with Gasteiger partial charge in [0.1, 0.15) is 35.3 Å². The molecule has 170 valence electrons. The first-order valence-corrected chi connectivity index (χ1v) is 10.7. The lowest BCUT2D eigenvalue weighted by Crippen LogP contribution is -2.19. The van der Waals surface area contributed by atoms with E-state index in [1.807, 2.05) is 0 Å². The zero-order chi connectivity index (χ0) is 23.4. The number of alkyl halides is 3. The van der Waals surface area contributed by atoms with Crippen molar-refractivity contribution in [2.24, 2.45) is 0 Å². The Balaban J connectivity index is 1.89. The Morgan fingerprint density at radius 3 is 2.31 bits per heavy atom. The van der Waals surface area contributed by atoms with Crippen molar-refractivity contribution in [3.05, 3.63) is 54.7 Å². The van der Waals surface area contributed by atoms with E-state index in [-0.39, 0.29) is 33.7 Å². The summed E-state index contributed by atoms with van der Waals surface area (Å²) in [6.45, 7) is -0.114. The highest BCUT2D eigenvalue weighted by Crippen LogP contribution is 2.32. The number of nitrogens with zero attached hydrogens (tertiary/aromatic N) is 3. The predicted molar refractivity (Wildman–Crippen MR) is 109 cm³/mol. The highest BCUT2D eigenvalue weighted by Gasteiger charge is 2.29. The summed E-state index contributed by atoms with van der Waals surface area (Å²) in [5, 5.41) is 5.57. The maximum absolute atomic E-state index is 13.0. The molecule has 0 atom stereocenters. The van der Waals surface area contributed by atoms with Gasteiger partial charge in [0.2, 0.25) is 0 Å². The molecule has 0 aliphatic rings. The maximum Gasteiger partial charge on any atom is 0.422 e. The van der Waals surface area contributed by atoms with Gasteiger partial charge >= 0.3 is 6.18 Å². The van der Waals surface area contributed by atoms with Crippen LogP contribution in [0.3, 0.4) is 0 Å². The number of benzene rings is 1. The molecule has 0 saturated heterocycles. The first-order chi connectivity index (χ1) is 15.1. The van der Waals surface area contributed by atoms with E-state index in [9.17, 15) is 26.0 Å². The van der Waals surface area contributed by atoms with Crippen LogP contribution in [0.2, 0.25) is 0 Å². The summed E-state index contributed by atoms with van der Waals surface area (Å²) in [5.41, 5.74) is -0.0340. The summed E-state index contributed by atoms with van der Waals surface area (Å²) >= 11 is 0. The van der Waals surface area contributed by atoms with Gasteiger partial charge in [0.25, 0.3) is 0 Å². The van der Waals surface area contributed by atoms with Gasteiger partial charge in [0.15, 0.2) is 16.4 Å². The molecule has 0 bridgehead atoms. The van der Waals surface area contributed by atoms with Crippen molar-refractivity contribution in [1.82, 2.24) is 15.0 Å². The van der Waals surface area contributed by atoms with E-state index in [1.165, 1.54) is 37.3 Å². The second kappa shape index (κ2) is 9.34. The molecule has 0 amide bonds. The van der Waals surface area contributed by atoms with E-state index in [0.29, 0.717) is 5.82 Å². The van der Waals surface area contributed by atoms with Crippen molar-refractivity contribution >= 4 is 33.0 Å². The van der Waals surface area contributed by atoms with Gasteiger partial charge in [-0.05, 0) is 30.3 Å². The second-order valence-corrected chi connectivity index (χ2v) is 8.64. The number of sulfone groups is 1. The Hall–Kier alpha value is -3.48. The quantitative estimate of drug-likeness (QED) is 0.470. The molecular weight excluding hydrogens is 454 g/mol. The standard InChI is InChI=1S/C19H17F4N5O3S/c1-2-32(29,30)13-4-5-15(31-10-19(21,22)23)14(7-13)27-17-8-18(26-11-25-17)28-16-6-3-12(20)9-24-16/h3-9,11H,2,10H2,1H3,(H2,24,25,26,27,28). The van der Waals surface area contributed by atoms with Gasteiger partial charge in [-0.25, -0.2) is 27.8 Å². The van der Waals surface area contributed by atoms with Crippen LogP contribution in [0.1, 0.15) is 6.92 Å². The van der Waals surface area contributed by atoms with Crippen LogP contribution in [0.25, 0.3) is 0 Å². The zero-order valence-electron chi connectivity index (χ0n) is 16.5. The first-order valence-electron chi connectivity index (χ1n) is 9.10. The van der Waals surface area contributed by atoms with Gasteiger partial charge in [-0.1, -0.05) is 6.92 Å². The summed E-state index contributed by atoms with van der Waals surface area (Å²) in [4.78, 5) is 11.7. The minimum absolute atomic E-state index is 0.0340. The monoisotopic (exact) mass is 471 g/mol. The number of rotatable bonds is 8. The molecule has 0 aliphatic heterocycles. The number of pyridine rings is 1. The molecule has 2 N–H and O–H groups in total. The van der Waals surface area contributed by atoms with E-state index in [0.717, 1.165) is 18.6 Å². The summed E-state index contributed by atoms with van der Waals surface area (Å²) in [6, 6.07) is 7.45. The van der Waals surface area contributed by atoms with Crippen molar-refractivity contribution in [2.45, 2.75) is 18.0 Å². The zero-order valence-corrected chi connectivity index (χ0v) is 17.3. The van der Waals surface area contributed by atoms with Crippen LogP contribution < -0.4 is 15.4 Å². The normalized spacial score (nSPS) is 11.8. The fraction of sp³-hybridized carbons (Fsp3) is 0.211. The van der Waals surface area contributed by atoms with Crippen molar-refractivity contribution in [2.75, 3.05) is 23.0 Å². The predicted octanol–water partition coefficient (Wildman–Crippen LogP) is 4.23. The third-order valence-electron chi connectivity index (χ3n) is 3.99. The highest BCUT2D eigenvalue weighted by molar-refractivity contribution is 7.91. The third-order valence-corrected chi connectivity index (χ3v) is 5.73. The van der Waals surface area contributed by atoms with Crippen molar-refractivity contribution in [1.29, 1.82) is 0 Å². The van der Waals surface area contributed by atoms with Crippen LogP contribution >= 0.6 is 0 Å². The number of nitrogens with one attached hydrogen (secondary N) is 2. The largest absolute Gasteiger partial charge is 0.482 e. The molecule has 3 aromatic rings. The number of halogens is 4. The Morgan fingerprint density at radius 2 is 1.69 bits per heavy atom. The fourth-order valence-corrected chi connectivity index (χ4v) is 3.37. The Kier molecular flexibility index (Phi) is 6.77. The van der Waals surface area contributed by atoms with E-state index in [4.69, 9.17) is 4.74 Å². The minimum atomic E-state index is -4.58. The molecule has 0 spiro atoms. The van der Waals surface area contributed by atoms with E-state index in [1.54, 1.807) is 0 Å². The van der Waals surface area contributed by atoms with E-state index < -0.39 is 28.4 Å². The summed E-state index contributed by atoms with van der Waals surface area (Å²) in [5.74, 6) is -0.258. The van der Waals surface area contributed by atoms with Crippen LogP contribution in [-0.4, -0.2) is 41.9 Å². The molecule has 0 saturated carbocycles. The highest BCUT2D eigenvalue weighted by atomic mass is 32.2. The van der Waals surface area contributed by atoms with Crippen molar-refractivity contribution in [3.63, 3.8) is 0 Å². The van der Waals surface area contributed by atoms with Crippen LogP contribution in [-0.2, 0) is 9.84 Å². The number of aromatic nitrogens is 3. The topological polar surface area (TPSA) is 106 Å². The van der Waals surface area contributed by atoms with Crippen LogP contribution in [0, 0.1) is 5.82 Å². The SMILES string of the molecule is CCS(=O)(=O)c1ccc(OCC(F)(F)F)c(Nc2cc(Nc3ccc(F)cn3)ncn2)c1. The molecule has 0 unspecified atom stereocenters. The number of ether oxygens (including phenoxy) is 1. The Morgan fingerprint density at radius 1 is 0.969 bits per heavy atom. The minimum Gasteiger partial charge on any atom is -0.482 e. The molecule has 13 heteroatoms. The lowest BCUT2D eigenvalue weighted by Gasteiger charge is -2.16.